The lowest BCUT2D eigenvalue weighted by Gasteiger charge is -2.19. The zero-order chi connectivity index (χ0) is 15.1. The standard InChI is InChI=1S/C15H25N3O2/c1-11(2)20-9-8-18(4)15(19)17-14-7-5-6-13(10-14)12(3)16/h5-7,10-12H,8-9,16H2,1-4H3,(H,17,19). The maximum atomic E-state index is 12.0. The summed E-state index contributed by atoms with van der Waals surface area (Å²) in [6.45, 7) is 6.94. The van der Waals surface area contributed by atoms with Gasteiger partial charge in [0.05, 0.1) is 12.7 Å². The third-order valence-electron chi connectivity index (χ3n) is 2.89. The summed E-state index contributed by atoms with van der Waals surface area (Å²) in [5.41, 5.74) is 7.57. The van der Waals surface area contributed by atoms with Crippen LogP contribution in [0.1, 0.15) is 32.4 Å². The van der Waals surface area contributed by atoms with Crippen molar-refractivity contribution in [1.82, 2.24) is 4.90 Å². The number of benzene rings is 1. The molecule has 2 amide bonds. The molecule has 0 radical (unpaired) electrons. The average molecular weight is 279 g/mol. The van der Waals surface area contributed by atoms with Crippen LogP contribution in [0.25, 0.3) is 0 Å². The molecule has 20 heavy (non-hydrogen) atoms. The average Bonchev–Trinajstić information content (AvgIpc) is 2.38. The molecule has 0 aromatic heterocycles. The Morgan fingerprint density at radius 1 is 1.40 bits per heavy atom. The quantitative estimate of drug-likeness (QED) is 0.841. The van der Waals surface area contributed by atoms with E-state index < -0.39 is 0 Å². The van der Waals surface area contributed by atoms with Crippen LogP contribution in [0.2, 0.25) is 0 Å². The van der Waals surface area contributed by atoms with Gasteiger partial charge >= 0.3 is 6.03 Å². The fourth-order valence-corrected chi connectivity index (χ4v) is 1.65. The molecule has 0 aliphatic carbocycles. The number of hydrogen-bond donors (Lipinski definition) is 2. The molecular weight excluding hydrogens is 254 g/mol. The number of anilines is 1. The van der Waals surface area contributed by atoms with Crippen molar-refractivity contribution < 1.29 is 9.53 Å². The van der Waals surface area contributed by atoms with E-state index in [0.29, 0.717) is 13.2 Å². The number of nitrogens with two attached hydrogens (primary N) is 1. The van der Waals surface area contributed by atoms with E-state index in [1.54, 1.807) is 11.9 Å². The van der Waals surface area contributed by atoms with E-state index in [-0.39, 0.29) is 18.2 Å². The first kappa shape index (κ1) is 16.5. The molecule has 0 saturated carbocycles. The summed E-state index contributed by atoms with van der Waals surface area (Å²) in [6.07, 6.45) is 0.175. The predicted octanol–water partition coefficient (Wildman–Crippen LogP) is 2.59. The Balaban J connectivity index is 2.50. The summed E-state index contributed by atoms with van der Waals surface area (Å²) in [4.78, 5) is 13.6. The van der Waals surface area contributed by atoms with Gasteiger partial charge in [0.2, 0.25) is 0 Å². The zero-order valence-corrected chi connectivity index (χ0v) is 12.7. The summed E-state index contributed by atoms with van der Waals surface area (Å²) in [6, 6.07) is 7.36. The van der Waals surface area contributed by atoms with E-state index in [9.17, 15) is 4.79 Å². The number of carbonyl (C=O) groups excluding carboxylic acids is 1. The number of amides is 2. The van der Waals surface area contributed by atoms with Crippen LogP contribution in [0.3, 0.4) is 0 Å². The van der Waals surface area contributed by atoms with Crippen LogP contribution in [0, 0.1) is 0 Å². The first-order chi connectivity index (χ1) is 9.40. The van der Waals surface area contributed by atoms with Gasteiger partial charge in [0.25, 0.3) is 0 Å². The van der Waals surface area contributed by atoms with Crippen molar-refractivity contribution in [2.24, 2.45) is 5.73 Å². The molecule has 1 aromatic carbocycles. The van der Waals surface area contributed by atoms with Crippen molar-refractivity contribution >= 4 is 11.7 Å². The number of nitrogens with zero attached hydrogens (tertiary/aromatic N) is 1. The molecule has 112 valence electrons. The predicted molar refractivity (Wildman–Crippen MR) is 81.8 cm³/mol. The van der Waals surface area contributed by atoms with Crippen LogP contribution in [0.15, 0.2) is 24.3 Å². The molecular formula is C15H25N3O2. The summed E-state index contributed by atoms with van der Waals surface area (Å²) >= 11 is 0. The summed E-state index contributed by atoms with van der Waals surface area (Å²) < 4.78 is 5.43. The van der Waals surface area contributed by atoms with Crippen LogP contribution in [-0.4, -0.2) is 37.2 Å². The van der Waals surface area contributed by atoms with Crippen LogP contribution in [0.5, 0.6) is 0 Å². The molecule has 1 atom stereocenters. The van der Waals surface area contributed by atoms with E-state index in [4.69, 9.17) is 10.5 Å². The molecule has 0 heterocycles. The number of nitrogens with one attached hydrogen (secondary N) is 1. The van der Waals surface area contributed by atoms with Crippen LogP contribution in [0.4, 0.5) is 10.5 Å². The van der Waals surface area contributed by atoms with E-state index in [0.717, 1.165) is 11.3 Å². The van der Waals surface area contributed by atoms with Gasteiger partial charge in [-0.3, -0.25) is 0 Å². The number of rotatable bonds is 6. The monoisotopic (exact) mass is 279 g/mol. The van der Waals surface area contributed by atoms with E-state index >= 15 is 0 Å². The molecule has 0 fully saturated rings. The first-order valence-electron chi connectivity index (χ1n) is 6.89. The largest absolute Gasteiger partial charge is 0.377 e. The van der Waals surface area contributed by atoms with Gasteiger partial charge in [-0.2, -0.15) is 0 Å². The lowest BCUT2D eigenvalue weighted by Crippen LogP contribution is -2.34. The summed E-state index contributed by atoms with van der Waals surface area (Å²) in [7, 11) is 1.74. The van der Waals surface area contributed by atoms with E-state index in [1.807, 2.05) is 45.0 Å². The maximum absolute atomic E-state index is 12.0. The molecule has 0 bridgehead atoms. The Hall–Kier alpha value is -1.59. The fraction of sp³-hybridized carbons (Fsp3) is 0.533. The highest BCUT2D eigenvalue weighted by atomic mass is 16.5. The van der Waals surface area contributed by atoms with Crippen molar-refractivity contribution in [3.05, 3.63) is 29.8 Å². The second kappa shape index (κ2) is 7.87. The number of carbonyl (C=O) groups is 1. The molecule has 3 N–H and O–H groups in total. The summed E-state index contributed by atoms with van der Waals surface area (Å²) in [5.74, 6) is 0. The Labute approximate surface area is 121 Å². The lowest BCUT2D eigenvalue weighted by molar-refractivity contribution is 0.0691. The second-order valence-electron chi connectivity index (χ2n) is 5.19. The fourth-order valence-electron chi connectivity index (χ4n) is 1.65. The maximum Gasteiger partial charge on any atom is 0.321 e. The zero-order valence-electron chi connectivity index (χ0n) is 12.7. The molecule has 5 heteroatoms. The molecule has 0 aliphatic heterocycles. The van der Waals surface area contributed by atoms with Crippen molar-refractivity contribution in [3.63, 3.8) is 0 Å². The van der Waals surface area contributed by atoms with E-state index in [2.05, 4.69) is 5.32 Å². The molecule has 5 nitrogen and oxygen atoms in total. The van der Waals surface area contributed by atoms with Gasteiger partial charge in [-0.05, 0) is 38.5 Å². The smallest absolute Gasteiger partial charge is 0.321 e. The highest BCUT2D eigenvalue weighted by Crippen LogP contribution is 2.15. The van der Waals surface area contributed by atoms with Crippen molar-refractivity contribution in [1.29, 1.82) is 0 Å². The van der Waals surface area contributed by atoms with Gasteiger partial charge in [-0.1, -0.05) is 12.1 Å². The molecule has 0 saturated heterocycles. The van der Waals surface area contributed by atoms with Crippen molar-refractivity contribution in [3.8, 4) is 0 Å². The Morgan fingerprint density at radius 2 is 2.10 bits per heavy atom. The third-order valence-corrected chi connectivity index (χ3v) is 2.89. The number of urea groups is 1. The molecule has 0 aliphatic rings. The normalized spacial score (nSPS) is 12.3. The molecule has 0 spiro atoms. The molecule has 1 unspecified atom stereocenters. The minimum absolute atomic E-state index is 0.0518. The minimum atomic E-state index is -0.154. The highest BCUT2D eigenvalue weighted by Gasteiger charge is 2.09. The SMILES string of the molecule is CC(C)OCCN(C)C(=O)Nc1cccc(C(C)N)c1. The van der Waals surface area contributed by atoms with Gasteiger partial charge in [0.15, 0.2) is 0 Å². The lowest BCUT2D eigenvalue weighted by atomic mass is 10.1. The topological polar surface area (TPSA) is 67.6 Å². The first-order valence-corrected chi connectivity index (χ1v) is 6.89. The Bertz CT molecular complexity index is 433. The van der Waals surface area contributed by atoms with Gasteiger partial charge in [0, 0.05) is 25.3 Å². The van der Waals surface area contributed by atoms with Crippen LogP contribution in [-0.2, 0) is 4.74 Å². The van der Waals surface area contributed by atoms with Crippen LogP contribution < -0.4 is 11.1 Å². The van der Waals surface area contributed by atoms with E-state index in [1.165, 1.54) is 0 Å². The van der Waals surface area contributed by atoms with Gasteiger partial charge in [0.1, 0.15) is 0 Å². The second-order valence-corrected chi connectivity index (χ2v) is 5.19. The van der Waals surface area contributed by atoms with Gasteiger partial charge in [-0.25, -0.2) is 4.79 Å². The molecule has 1 rings (SSSR count). The summed E-state index contributed by atoms with van der Waals surface area (Å²) in [5, 5.41) is 2.85. The number of ether oxygens (including phenoxy) is 1. The van der Waals surface area contributed by atoms with Crippen LogP contribution >= 0.6 is 0 Å². The van der Waals surface area contributed by atoms with Crippen molar-refractivity contribution in [2.75, 3.05) is 25.5 Å². The minimum Gasteiger partial charge on any atom is -0.377 e. The Kier molecular flexibility index (Phi) is 6.48. The highest BCUT2D eigenvalue weighted by molar-refractivity contribution is 5.89. The molecule has 1 aromatic rings. The van der Waals surface area contributed by atoms with Gasteiger partial charge in [-0.15, -0.1) is 0 Å². The number of likely N-dealkylation sites (N-methyl/N-ethyl adjacent to an activating group) is 1. The van der Waals surface area contributed by atoms with Gasteiger partial charge < -0.3 is 20.7 Å². The van der Waals surface area contributed by atoms with Crippen molar-refractivity contribution in [2.45, 2.75) is 32.9 Å². The Morgan fingerprint density at radius 3 is 2.70 bits per heavy atom. The third kappa shape index (κ3) is 5.59. The number of hydrogen-bond acceptors (Lipinski definition) is 3.